The van der Waals surface area contributed by atoms with Gasteiger partial charge in [-0.15, -0.1) is 0 Å². The van der Waals surface area contributed by atoms with Crippen molar-refractivity contribution in [2.24, 2.45) is 17.3 Å². The highest BCUT2D eigenvalue weighted by molar-refractivity contribution is 5.62. The molecule has 0 N–H and O–H groups in total. The van der Waals surface area contributed by atoms with Crippen LogP contribution in [0.5, 0.6) is 0 Å². The molecule has 122 valence electrons. The lowest BCUT2D eigenvalue weighted by Gasteiger charge is -2.68. The van der Waals surface area contributed by atoms with Crippen LogP contribution in [-0.2, 0) is 0 Å². The lowest BCUT2D eigenvalue weighted by atomic mass is 9.50. The zero-order valence-corrected chi connectivity index (χ0v) is 15.7. The number of hydrogen-bond donors (Lipinski definition) is 0. The molecule has 1 aromatic rings. The summed E-state index contributed by atoms with van der Waals surface area (Å²) in [5, 5.41) is 0. The summed E-state index contributed by atoms with van der Waals surface area (Å²) in [5.41, 5.74) is 6.49. The van der Waals surface area contributed by atoms with Crippen LogP contribution in [0, 0.1) is 38.0 Å². The Kier molecular flexibility index (Phi) is 3.44. The Morgan fingerprint density at radius 1 is 0.955 bits per heavy atom. The summed E-state index contributed by atoms with van der Waals surface area (Å²) in [5.74, 6) is 1.53. The van der Waals surface area contributed by atoms with Gasteiger partial charge in [-0.25, -0.2) is 0 Å². The van der Waals surface area contributed by atoms with E-state index in [2.05, 4.69) is 72.4 Å². The van der Waals surface area contributed by atoms with Gasteiger partial charge in [-0.2, -0.15) is 0 Å². The molecular formula is C21H33N. The maximum atomic E-state index is 2.80. The monoisotopic (exact) mass is 299 g/mol. The first-order chi connectivity index (χ1) is 10.1. The van der Waals surface area contributed by atoms with Crippen molar-refractivity contribution in [2.75, 3.05) is 4.90 Å². The predicted molar refractivity (Wildman–Crippen MR) is 96.7 cm³/mol. The van der Waals surface area contributed by atoms with Crippen LogP contribution < -0.4 is 4.90 Å². The fourth-order valence-electron chi connectivity index (χ4n) is 5.51. The van der Waals surface area contributed by atoms with Gasteiger partial charge in [0.05, 0.1) is 0 Å². The number of piperidine rings is 2. The lowest BCUT2D eigenvalue weighted by Crippen LogP contribution is -2.72. The third-order valence-electron chi connectivity index (χ3n) is 7.88. The highest BCUT2D eigenvalue weighted by atomic mass is 15.3. The van der Waals surface area contributed by atoms with Crippen molar-refractivity contribution in [2.45, 2.75) is 79.8 Å². The molecule has 2 bridgehead atoms. The number of anilines is 1. The molecule has 2 heterocycles. The highest BCUT2D eigenvalue weighted by Crippen LogP contribution is 2.60. The first-order valence-electron chi connectivity index (χ1n) is 9.00. The summed E-state index contributed by atoms with van der Waals surface area (Å²) in [6, 6.07) is 5.35. The quantitative estimate of drug-likeness (QED) is 0.647. The normalized spacial score (nSPS) is 41.1. The van der Waals surface area contributed by atoms with Crippen molar-refractivity contribution in [3.05, 3.63) is 28.8 Å². The number of nitrogens with zero attached hydrogens (tertiary/aromatic N) is 1. The molecule has 0 spiro atoms. The van der Waals surface area contributed by atoms with Crippen LogP contribution in [0.2, 0.25) is 0 Å². The van der Waals surface area contributed by atoms with E-state index in [4.69, 9.17) is 0 Å². The third-order valence-corrected chi connectivity index (χ3v) is 7.88. The molecule has 5 atom stereocenters. The van der Waals surface area contributed by atoms with Crippen LogP contribution in [0.25, 0.3) is 0 Å². The second kappa shape index (κ2) is 4.76. The van der Waals surface area contributed by atoms with Gasteiger partial charge in [0.15, 0.2) is 0 Å². The van der Waals surface area contributed by atoms with Crippen molar-refractivity contribution >= 4 is 5.69 Å². The molecule has 4 rings (SSSR count). The van der Waals surface area contributed by atoms with Gasteiger partial charge in [0.25, 0.3) is 0 Å². The summed E-state index contributed by atoms with van der Waals surface area (Å²) in [4.78, 5) is 2.80. The number of aryl methyl sites for hydroxylation is 2. The standard InChI is InChI=1S/C21H33N/c1-13-11-14(2)15(3)19(12-13)22-18(6)20(7)9-10-21(22,8)17(5)16(20)4/h11-12,16-18H,9-10H2,1-8H3. The van der Waals surface area contributed by atoms with Gasteiger partial charge in [-0.3, -0.25) is 0 Å². The summed E-state index contributed by atoms with van der Waals surface area (Å²) >= 11 is 0. The maximum Gasteiger partial charge on any atom is 0.0408 e. The molecular weight excluding hydrogens is 266 g/mol. The van der Waals surface area contributed by atoms with Crippen molar-refractivity contribution in [3.8, 4) is 0 Å². The molecule has 1 heteroatoms. The minimum Gasteiger partial charge on any atom is -0.362 e. The Bertz CT molecular complexity index is 604. The lowest BCUT2D eigenvalue weighted by molar-refractivity contribution is -0.0524. The van der Waals surface area contributed by atoms with Gasteiger partial charge in [0.1, 0.15) is 0 Å². The minimum atomic E-state index is 0.293. The van der Waals surface area contributed by atoms with Crippen molar-refractivity contribution < 1.29 is 0 Å². The van der Waals surface area contributed by atoms with Gasteiger partial charge in [-0.1, -0.05) is 26.8 Å². The molecule has 5 unspecified atom stereocenters. The Morgan fingerprint density at radius 3 is 2.23 bits per heavy atom. The van der Waals surface area contributed by atoms with Gasteiger partial charge in [0.2, 0.25) is 0 Å². The number of benzene rings is 1. The fraction of sp³-hybridized carbons (Fsp3) is 0.714. The summed E-state index contributed by atoms with van der Waals surface area (Å²) in [6.07, 6.45) is 2.70. The molecule has 0 aromatic heterocycles. The van der Waals surface area contributed by atoms with E-state index in [1.165, 1.54) is 35.2 Å². The molecule has 2 saturated heterocycles. The van der Waals surface area contributed by atoms with Crippen molar-refractivity contribution in [1.29, 1.82) is 0 Å². The van der Waals surface area contributed by atoms with E-state index in [-0.39, 0.29) is 0 Å². The average Bonchev–Trinajstić information content (AvgIpc) is 2.45. The Labute approximate surface area is 137 Å². The SMILES string of the molecule is Cc1cc(C)c(C)c(N2C(C)C3(C)CCC2(C)C(C)C3C)c1. The molecule has 22 heavy (non-hydrogen) atoms. The molecule has 0 amide bonds. The Hall–Kier alpha value is -0.980. The topological polar surface area (TPSA) is 3.24 Å². The molecule has 1 aliphatic carbocycles. The van der Waals surface area contributed by atoms with E-state index in [1.807, 2.05) is 0 Å². The van der Waals surface area contributed by atoms with Gasteiger partial charge in [-0.05, 0) is 87.5 Å². The first kappa shape index (κ1) is 15.9. The van der Waals surface area contributed by atoms with Gasteiger partial charge < -0.3 is 4.90 Å². The highest BCUT2D eigenvalue weighted by Gasteiger charge is 2.60. The van der Waals surface area contributed by atoms with E-state index in [9.17, 15) is 0 Å². The van der Waals surface area contributed by atoms with Crippen LogP contribution in [0.15, 0.2) is 12.1 Å². The molecule has 3 aliphatic rings. The zero-order valence-electron chi connectivity index (χ0n) is 15.7. The molecule has 1 saturated carbocycles. The Morgan fingerprint density at radius 2 is 1.59 bits per heavy atom. The fourth-order valence-corrected chi connectivity index (χ4v) is 5.51. The summed E-state index contributed by atoms with van der Waals surface area (Å²) in [6.45, 7) is 19.3. The summed E-state index contributed by atoms with van der Waals surface area (Å²) in [7, 11) is 0. The van der Waals surface area contributed by atoms with E-state index >= 15 is 0 Å². The number of rotatable bonds is 1. The maximum absolute atomic E-state index is 2.80. The largest absolute Gasteiger partial charge is 0.362 e. The smallest absolute Gasteiger partial charge is 0.0408 e. The van der Waals surface area contributed by atoms with Crippen LogP contribution in [-0.4, -0.2) is 11.6 Å². The predicted octanol–water partition coefficient (Wildman–Crippen LogP) is 5.65. The van der Waals surface area contributed by atoms with Crippen LogP contribution in [0.4, 0.5) is 5.69 Å². The molecule has 1 nitrogen and oxygen atoms in total. The first-order valence-corrected chi connectivity index (χ1v) is 9.00. The van der Waals surface area contributed by atoms with E-state index in [1.54, 1.807) is 0 Å². The van der Waals surface area contributed by atoms with Crippen LogP contribution in [0.3, 0.4) is 0 Å². The van der Waals surface area contributed by atoms with E-state index < -0.39 is 0 Å². The third kappa shape index (κ3) is 1.83. The van der Waals surface area contributed by atoms with Crippen LogP contribution >= 0.6 is 0 Å². The molecule has 2 aliphatic heterocycles. The zero-order chi connectivity index (χ0) is 16.4. The summed E-state index contributed by atoms with van der Waals surface area (Å²) < 4.78 is 0. The second-order valence-corrected chi connectivity index (χ2v) is 8.71. The average molecular weight is 300 g/mol. The molecule has 1 aromatic carbocycles. The van der Waals surface area contributed by atoms with Crippen molar-refractivity contribution in [3.63, 3.8) is 0 Å². The van der Waals surface area contributed by atoms with Gasteiger partial charge >= 0.3 is 0 Å². The van der Waals surface area contributed by atoms with E-state index in [0.717, 1.165) is 11.8 Å². The minimum absolute atomic E-state index is 0.293. The van der Waals surface area contributed by atoms with E-state index in [0.29, 0.717) is 17.0 Å². The second-order valence-electron chi connectivity index (χ2n) is 8.71. The number of fused-ring (bicyclic) bond motifs is 3. The Balaban J connectivity index is 2.19. The molecule has 3 fully saturated rings. The van der Waals surface area contributed by atoms with Gasteiger partial charge in [0, 0.05) is 17.3 Å². The van der Waals surface area contributed by atoms with Crippen LogP contribution in [0.1, 0.15) is 64.2 Å². The molecule has 0 radical (unpaired) electrons. The van der Waals surface area contributed by atoms with Crippen molar-refractivity contribution in [1.82, 2.24) is 0 Å². The number of hydrogen-bond acceptors (Lipinski definition) is 1.